The van der Waals surface area contributed by atoms with Gasteiger partial charge >= 0.3 is 0 Å². The molecule has 0 fully saturated rings. The third kappa shape index (κ3) is 2.17. The Morgan fingerprint density at radius 1 is 1.44 bits per heavy atom. The van der Waals surface area contributed by atoms with Gasteiger partial charge in [0.15, 0.2) is 0 Å². The molecule has 0 saturated carbocycles. The lowest BCUT2D eigenvalue weighted by Gasteiger charge is -2.17. The first-order chi connectivity index (χ1) is 7.49. The molecule has 2 N–H and O–H groups in total. The van der Waals surface area contributed by atoms with Crippen molar-refractivity contribution in [1.82, 2.24) is 9.38 Å². The molecule has 0 bridgehead atoms. The van der Waals surface area contributed by atoms with Gasteiger partial charge in [-0.2, -0.15) is 0 Å². The molecule has 0 aromatic carbocycles. The normalized spacial score (nSPS) is 12.0. The Morgan fingerprint density at radius 3 is 2.81 bits per heavy atom. The summed E-state index contributed by atoms with van der Waals surface area (Å²) in [5.74, 6) is 0.821. The van der Waals surface area contributed by atoms with Crippen LogP contribution in [0, 0.1) is 0 Å². The highest BCUT2D eigenvalue weighted by molar-refractivity contribution is 5.43. The van der Waals surface area contributed by atoms with Gasteiger partial charge in [-0.1, -0.05) is 0 Å². The Labute approximate surface area is 95.0 Å². The molecule has 0 spiro atoms. The lowest BCUT2D eigenvalue weighted by atomic mass is 10.0. The number of nitrogens with two attached hydrogens (primary N) is 1. The van der Waals surface area contributed by atoms with E-state index in [1.165, 1.54) is 0 Å². The average molecular weight is 219 g/mol. The van der Waals surface area contributed by atoms with Gasteiger partial charge < -0.3 is 14.9 Å². The third-order valence-electron chi connectivity index (χ3n) is 2.43. The molecule has 2 heterocycles. The van der Waals surface area contributed by atoms with Gasteiger partial charge in [-0.05, 0) is 26.0 Å². The van der Waals surface area contributed by atoms with E-state index in [2.05, 4.69) is 4.98 Å². The van der Waals surface area contributed by atoms with E-state index in [1.807, 2.05) is 42.8 Å². The summed E-state index contributed by atoms with van der Waals surface area (Å²) < 4.78 is 7.22. The maximum Gasteiger partial charge on any atom is 0.137 e. The van der Waals surface area contributed by atoms with Crippen LogP contribution in [-0.2, 0) is 6.42 Å². The van der Waals surface area contributed by atoms with Crippen molar-refractivity contribution in [2.45, 2.75) is 25.8 Å². The Balaban J connectivity index is 2.46. The number of aromatic nitrogens is 2. The summed E-state index contributed by atoms with van der Waals surface area (Å²) in [6.45, 7) is 4.01. The van der Waals surface area contributed by atoms with Crippen LogP contribution < -0.4 is 10.5 Å². The number of nitrogens with zero attached hydrogens (tertiary/aromatic N) is 2. The Morgan fingerprint density at radius 2 is 2.19 bits per heavy atom. The van der Waals surface area contributed by atoms with Crippen LogP contribution in [0.3, 0.4) is 0 Å². The molecular formula is C12H17N3O. The summed E-state index contributed by atoms with van der Waals surface area (Å²) in [5.41, 5.74) is 7.79. The highest BCUT2D eigenvalue weighted by Gasteiger charge is 2.15. The van der Waals surface area contributed by atoms with Crippen LogP contribution in [0.15, 0.2) is 24.5 Å². The maximum atomic E-state index is 6.02. The van der Waals surface area contributed by atoms with E-state index in [0.717, 1.165) is 23.5 Å². The smallest absolute Gasteiger partial charge is 0.137 e. The Kier molecular flexibility index (Phi) is 2.59. The van der Waals surface area contributed by atoms with Crippen molar-refractivity contribution in [1.29, 1.82) is 0 Å². The number of hydrogen-bond donors (Lipinski definition) is 1. The number of pyridine rings is 1. The molecule has 0 unspecified atom stereocenters. The highest BCUT2D eigenvalue weighted by Crippen LogP contribution is 2.17. The Hall–Kier alpha value is -1.55. The largest absolute Gasteiger partial charge is 0.495 e. The quantitative estimate of drug-likeness (QED) is 0.853. The van der Waals surface area contributed by atoms with Crippen LogP contribution in [0.4, 0.5) is 0 Å². The van der Waals surface area contributed by atoms with Crippen molar-refractivity contribution in [3.05, 3.63) is 30.2 Å². The van der Waals surface area contributed by atoms with Gasteiger partial charge in [-0.25, -0.2) is 4.98 Å². The molecule has 2 aromatic heterocycles. The van der Waals surface area contributed by atoms with Crippen LogP contribution in [-0.4, -0.2) is 22.0 Å². The fraction of sp³-hybridized carbons (Fsp3) is 0.417. The second-order valence-corrected chi connectivity index (χ2v) is 4.71. The monoisotopic (exact) mass is 219 g/mol. The van der Waals surface area contributed by atoms with Crippen molar-refractivity contribution in [2.75, 3.05) is 7.11 Å². The molecule has 16 heavy (non-hydrogen) atoms. The lowest BCUT2D eigenvalue weighted by molar-refractivity contribution is 0.412. The van der Waals surface area contributed by atoms with E-state index >= 15 is 0 Å². The molecule has 0 saturated heterocycles. The minimum Gasteiger partial charge on any atom is -0.495 e. The summed E-state index contributed by atoms with van der Waals surface area (Å²) in [6, 6.07) is 3.84. The molecule has 0 aliphatic heterocycles. The summed E-state index contributed by atoms with van der Waals surface area (Å²) in [6.07, 6.45) is 4.58. The van der Waals surface area contributed by atoms with E-state index in [0.29, 0.717) is 0 Å². The number of imidazole rings is 1. The van der Waals surface area contributed by atoms with E-state index in [1.54, 1.807) is 7.11 Å². The summed E-state index contributed by atoms with van der Waals surface area (Å²) in [5, 5.41) is 0. The predicted molar refractivity (Wildman–Crippen MR) is 63.7 cm³/mol. The molecule has 86 valence electrons. The van der Waals surface area contributed by atoms with Gasteiger partial charge in [0.1, 0.15) is 11.4 Å². The van der Waals surface area contributed by atoms with Crippen LogP contribution in [0.5, 0.6) is 5.75 Å². The second kappa shape index (κ2) is 3.79. The average Bonchev–Trinajstić information content (AvgIpc) is 2.58. The lowest BCUT2D eigenvalue weighted by Crippen LogP contribution is -2.34. The van der Waals surface area contributed by atoms with Crippen molar-refractivity contribution < 1.29 is 4.74 Å². The molecule has 0 aliphatic carbocycles. The minimum atomic E-state index is -0.237. The molecule has 0 aliphatic rings. The molecule has 4 nitrogen and oxygen atoms in total. The van der Waals surface area contributed by atoms with Gasteiger partial charge in [0.25, 0.3) is 0 Å². The van der Waals surface area contributed by atoms with E-state index in [4.69, 9.17) is 10.5 Å². The van der Waals surface area contributed by atoms with Gasteiger partial charge in [0.05, 0.1) is 13.3 Å². The Bertz CT molecular complexity index is 496. The van der Waals surface area contributed by atoms with E-state index in [-0.39, 0.29) is 5.54 Å². The number of ether oxygens (including phenoxy) is 1. The number of rotatable bonds is 3. The summed E-state index contributed by atoms with van der Waals surface area (Å²) in [7, 11) is 1.66. The van der Waals surface area contributed by atoms with Gasteiger partial charge in [-0.15, -0.1) is 0 Å². The zero-order valence-electron chi connectivity index (χ0n) is 9.90. The second-order valence-electron chi connectivity index (χ2n) is 4.71. The topological polar surface area (TPSA) is 52.5 Å². The first-order valence-corrected chi connectivity index (χ1v) is 5.28. The zero-order chi connectivity index (χ0) is 11.8. The molecule has 0 radical (unpaired) electrons. The fourth-order valence-electron chi connectivity index (χ4n) is 1.73. The van der Waals surface area contributed by atoms with Gasteiger partial charge in [-0.3, -0.25) is 0 Å². The molecule has 0 amide bonds. The summed E-state index contributed by atoms with van der Waals surface area (Å²) in [4.78, 5) is 4.33. The number of fused-ring (bicyclic) bond motifs is 1. The van der Waals surface area contributed by atoms with Crippen LogP contribution >= 0.6 is 0 Å². The van der Waals surface area contributed by atoms with Gasteiger partial charge in [0, 0.05) is 23.9 Å². The maximum absolute atomic E-state index is 6.02. The van der Waals surface area contributed by atoms with Gasteiger partial charge in [0.2, 0.25) is 0 Å². The van der Waals surface area contributed by atoms with Crippen molar-refractivity contribution in [2.24, 2.45) is 5.73 Å². The minimum absolute atomic E-state index is 0.237. The molecule has 2 rings (SSSR count). The number of methoxy groups -OCH3 is 1. The van der Waals surface area contributed by atoms with Crippen molar-refractivity contribution in [3.63, 3.8) is 0 Å². The number of hydrogen-bond acceptors (Lipinski definition) is 3. The van der Waals surface area contributed by atoms with Crippen LogP contribution in [0.2, 0.25) is 0 Å². The van der Waals surface area contributed by atoms with E-state index in [9.17, 15) is 0 Å². The SMILES string of the molecule is COc1ccc2ncc(CC(C)(C)N)n2c1. The van der Waals surface area contributed by atoms with Crippen molar-refractivity contribution >= 4 is 5.65 Å². The fourth-order valence-corrected chi connectivity index (χ4v) is 1.73. The predicted octanol–water partition coefficient (Wildman–Crippen LogP) is 1.62. The van der Waals surface area contributed by atoms with Crippen molar-refractivity contribution in [3.8, 4) is 5.75 Å². The standard InChI is InChI=1S/C12H17N3O/c1-12(2,13)6-9-7-14-11-5-4-10(16-3)8-15(9)11/h4-5,7-8H,6,13H2,1-3H3. The first kappa shape index (κ1) is 11.0. The highest BCUT2D eigenvalue weighted by atomic mass is 16.5. The molecule has 0 atom stereocenters. The van der Waals surface area contributed by atoms with Crippen LogP contribution in [0.1, 0.15) is 19.5 Å². The molecular weight excluding hydrogens is 202 g/mol. The summed E-state index contributed by atoms with van der Waals surface area (Å²) >= 11 is 0. The molecule has 4 heteroatoms. The third-order valence-corrected chi connectivity index (χ3v) is 2.43. The molecule has 2 aromatic rings. The first-order valence-electron chi connectivity index (χ1n) is 5.28. The zero-order valence-corrected chi connectivity index (χ0v) is 9.90. The van der Waals surface area contributed by atoms with Crippen LogP contribution in [0.25, 0.3) is 5.65 Å². The van der Waals surface area contributed by atoms with E-state index < -0.39 is 0 Å².